The molecule has 0 aromatic carbocycles. The molecule has 0 unspecified atom stereocenters. The highest BCUT2D eigenvalue weighted by Gasteiger charge is 2.08. The number of aliphatic hydroxyl groups is 1. The van der Waals surface area contributed by atoms with Gasteiger partial charge in [-0.05, 0) is 13.3 Å². The van der Waals surface area contributed by atoms with Gasteiger partial charge in [-0.15, -0.1) is 0 Å². The van der Waals surface area contributed by atoms with Crippen molar-refractivity contribution >= 4 is 5.91 Å². The maximum atomic E-state index is 11.7. The van der Waals surface area contributed by atoms with Crippen LogP contribution in [0.5, 0.6) is 0 Å². The molecule has 0 rings (SSSR count). The quantitative estimate of drug-likeness (QED) is 0.393. The van der Waals surface area contributed by atoms with E-state index in [-0.39, 0.29) is 18.6 Å². The zero-order valence-corrected chi connectivity index (χ0v) is 15.4. The molecule has 0 radical (unpaired) electrons. The Labute approximate surface area is 143 Å². The van der Waals surface area contributed by atoms with Crippen LogP contribution in [0.3, 0.4) is 0 Å². The summed E-state index contributed by atoms with van der Waals surface area (Å²) in [5.41, 5.74) is 0. The Balaban J connectivity index is 3.29. The first kappa shape index (κ1) is 22.4. The van der Waals surface area contributed by atoms with E-state index in [1.165, 1.54) is 57.8 Å². The van der Waals surface area contributed by atoms with E-state index in [2.05, 4.69) is 12.2 Å². The normalized spacial score (nSPS) is 12.3. The zero-order chi connectivity index (χ0) is 17.2. The van der Waals surface area contributed by atoms with Gasteiger partial charge in [0, 0.05) is 19.6 Å². The van der Waals surface area contributed by atoms with Crippen LogP contribution in [0.1, 0.15) is 90.9 Å². The van der Waals surface area contributed by atoms with Crippen LogP contribution in [-0.2, 0) is 9.53 Å². The third kappa shape index (κ3) is 16.0. The van der Waals surface area contributed by atoms with Gasteiger partial charge in [0.05, 0.1) is 12.7 Å². The Morgan fingerprint density at radius 2 is 1.43 bits per heavy atom. The maximum absolute atomic E-state index is 11.7. The molecule has 2 N–H and O–H groups in total. The van der Waals surface area contributed by atoms with Gasteiger partial charge < -0.3 is 15.2 Å². The Morgan fingerprint density at radius 1 is 0.913 bits per heavy atom. The van der Waals surface area contributed by atoms with E-state index in [1.54, 1.807) is 0 Å². The first-order chi connectivity index (χ1) is 11.2. The van der Waals surface area contributed by atoms with E-state index in [1.807, 2.05) is 6.92 Å². The predicted octanol–water partition coefficient (Wildman–Crippen LogP) is 4.20. The number of aliphatic hydroxyl groups excluding tert-OH is 1. The van der Waals surface area contributed by atoms with Crippen LogP contribution in [0, 0.1) is 0 Å². The molecule has 23 heavy (non-hydrogen) atoms. The first-order valence-electron chi connectivity index (χ1n) is 9.73. The molecule has 0 bridgehead atoms. The van der Waals surface area contributed by atoms with Crippen LogP contribution >= 0.6 is 0 Å². The highest BCUT2D eigenvalue weighted by Crippen LogP contribution is 2.11. The van der Waals surface area contributed by atoms with Crippen molar-refractivity contribution in [2.75, 3.05) is 19.8 Å². The van der Waals surface area contributed by atoms with Crippen LogP contribution in [0.25, 0.3) is 0 Å². The lowest BCUT2D eigenvalue weighted by atomic mass is 10.1. The van der Waals surface area contributed by atoms with E-state index in [0.29, 0.717) is 19.6 Å². The summed E-state index contributed by atoms with van der Waals surface area (Å²) >= 11 is 0. The van der Waals surface area contributed by atoms with E-state index >= 15 is 0 Å². The number of ether oxygens (including phenoxy) is 1. The summed E-state index contributed by atoms with van der Waals surface area (Å²) in [5, 5.41) is 11.9. The number of amides is 1. The van der Waals surface area contributed by atoms with Crippen molar-refractivity contribution in [3.63, 3.8) is 0 Å². The summed E-state index contributed by atoms with van der Waals surface area (Å²) in [7, 11) is 0. The molecule has 0 fully saturated rings. The van der Waals surface area contributed by atoms with Crippen molar-refractivity contribution in [1.29, 1.82) is 0 Å². The highest BCUT2D eigenvalue weighted by molar-refractivity contribution is 5.75. The standard InChI is InChI=1S/C19H39NO3/c1-3-5-6-7-8-9-10-11-12-13-14-15-19(22)20-16-18(17-21)23-4-2/h18,21H,3-17H2,1-2H3,(H,20,22)/t18-/m1/s1. The smallest absolute Gasteiger partial charge is 0.220 e. The van der Waals surface area contributed by atoms with Crippen molar-refractivity contribution in [2.45, 2.75) is 97.0 Å². The van der Waals surface area contributed by atoms with Crippen molar-refractivity contribution in [3.8, 4) is 0 Å². The number of hydrogen-bond acceptors (Lipinski definition) is 3. The lowest BCUT2D eigenvalue weighted by molar-refractivity contribution is -0.122. The minimum Gasteiger partial charge on any atom is -0.394 e. The van der Waals surface area contributed by atoms with Gasteiger partial charge in [0.2, 0.25) is 5.91 Å². The number of hydrogen-bond donors (Lipinski definition) is 2. The Kier molecular flexibility index (Phi) is 17.3. The molecule has 4 heteroatoms. The molecule has 0 saturated carbocycles. The summed E-state index contributed by atoms with van der Waals surface area (Å²) in [6, 6.07) is 0. The van der Waals surface area contributed by atoms with Gasteiger partial charge in [-0.25, -0.2) is 0 Å². The lowest BCUT2D eigenvalue weighted by Crippen LogP contribution is -2.35. The van der Waals surface area contributed by atoms with Crippen LogP contribution in [0.15, 0.2) is 0 Å². The topological polar surface area (TPSA) is 58.6 Å². The average molecular weight is 330 g/mol. The molecule has 1 atom stereocenters. The third-order valence-corrected chi connectivity index (χ3v) is 4.14. The van der Waals surface area contributed by atoms with Gasteiger partial charge in [0.15, 0.2) is 0 Å². The molecule has 138 valence electrons. The first-order valence-corrected chi connectivity index (χ1v) is 9.73. The molecular formula is C19H39NO3. The molecule has 0 saturated heterocycles. The lowest BCUT2D eigenvalue weighted by Gasteiger charge is -2.14. The second-order valence-corrected chi connectivity index (χ2v) is 6.35. The Hall–Kier alpha value is -0.610. The molecule has 4 nitrogen and oxygen atoms in total. The van der Waals surface area contributed by atoms with Crippen molar-refractivity contribution in [2.24, 2.45) is 0 Å². The fourth-order valence-corrected chi connectivity index (χ4v) is 2.68. The molecule has 0 aromatic rings. The molecule has 0 heterocycles. The fourth-order valence-electron chi connectivity index (χ4n) is 2.68. The highest BCUT2D eigenvalue weighted by atomic mass is 16.5. The number of rotatable bonds is 17. The predicted molar refractivity (Wildman–Crippen MR) is 96.6 cm³/mol. The van der Waals surface area contributed by atoms with E-state index < -0.39 is 0 Å². The number of unbranched alkanes of at least 4 members (excludes halogenated alkanes) is 10. The maximum Gasteiger partial charge on any atom is 0.220 e. The molecular weight excluding hydrogens is 290 g/mol. The molecule has 1 amide bonds. The summed E-state index contributed by atoms with van der Waals surface area (Å²) in [6.07, 6.45) is 14.5. The summed E-state index contributed by atoms with van der Waals surface area (Å²) in [5.74, 6) is 0.0686. The largest absolute Gasteiger partial charge is 0.394 e. The molecule has 0 aliphatic carbocycles. The second-order valence-electron chi connectivity index (χ2n) is 6.35. The summed E-state index contributed by atoms with van der Waals surface area (Å²) in [4.78, 5) is 11.7. The molecule has 0 aliphatic heterocycles. The van der Waals surface area contributed by atoms with Gasteiger partial charge in [-0.2, -0.15) is 0 Å². The van der Waals surface area contributed by atoms with Crippen molar-refractivity contribution in [1.82, 2.24) is 5.32 Å². The van der Waals surface area contributed by atoms with Crippen LogP contribution in [-0.4, -0.2) is 36.9 Å². The average Bonchev–Trinajstić information content (AvgIpc) is 2.56. The molecule has 0 aromatic heterocycles. The van der Waals surface area contributed by atoms with E-state index in [0.717, 1.165) is 12.8 Å². The Morgan fingerprint density at radius 3 is 1.91 bits per heavy atom. The monoisotopic (exact) mass is 329 g/mol. The third-order valence-electron chi connectivity index (χ3n) is 4.14. The van der Waals surface area contributed by atoms with Gasteiger partial charge in [-0.3, -0.25) is 4.79 Å². The van der Waals surface area contributed by atoms with Gasteiger partial charge >= 0.3 is 0 Å². The number of nitrogens with one attached hydrogen (secondary N) is 1. The van der Waals surface area contributed by atoms with Gasteiger partial charge in [0.25, 0.3) is 0 Å². The molecule has 0 spiro atoms. The van der Waals surface area contributed by atoms with Crippen molar-refractivity contribution in [3.05, 3.63) is 0 Å². The van der Waals surface area contributed by atoms with E-state index in [9.17, 15) is 4.79 Å². The number of carbonyl (C=O) groups excluding carboxylic acids is 1. The molecule has 0 aliphatic rings. The summed E-state index contributed by atoms with van der Waals surface area (Å²) < 4.78 is 5.29. The van der Waals surface area contributed by atoms with Gasteiger partial charge in [-0.1, -0.05) is 71.1 Å². The minimum atomic E-state index is -0.277. The fraction of sp³-hybridized carbons (Fsp3) is 0.947. The Bertz CT molecular complexity index is 259. The summed E-state index contributed by atoms with van der Waals surface area (Å²) in [6.45, 7) is 5.05. The zero-order valence-electron chi connectivity index (χ0n) is 15.4. The SMILES string of the molecule is CCCCCCCCCCCCCC(=O)NC[C@H](CO)OCC. The number of carbonyl (C=O) groups is 1. The van der Waals surface area contributed by atoms with Crippen LogP contribution in [0.4, 0.5) is 0 Å². The van der Waals surface area contributed by atoms with Gasteiger partial charge in [0.1, 0.15) is 0 Å². The minimum absolute atomic E-state index is 0.0490. The van der Waals surface area contributed by atoms with Crippen molar-refractivity contribution < 1.29 is 14.6 Å². The van der Waals surface area contributed by atoms with Crippen LogP contribution < -0.4 is 5.32 Å². The van der Waals surface area contributed by atoms with E-state index in [4.69, 9.17) is 9.84 Å². The van der Waals surface area contributed by atoms with Crippen LogP contribution in [0.2, 0.25) is 0 Å². The second kappa shape index (κ2) is 17.7.